The first-order valence-electron chi connectivity index (χ1n) is 10.1. The van der Waals surface area contributed by atoms with Gasteiger partial charge in [-0.2, -0.15) is 0 Å². The number of benzene rings is 4. The molecule has 0 spiro atoms. The number of anilines is 2. The minimum Gasteiger partial charge on any atom is -0.656 e. The van der Waals surface area contributed by atoms with E-state index < -0.39 is 0 Å². The molecule has 4 aromatic rings. The number of para-hydroxylation sites is 4. The smallest absolute Gasteiger partial charge is 0.0124 e. The number of hydrogen-bond donors (Lipinski definition) is 0. The summed E-state index contributed by atoms with van der Waals surface area (Å²) in [6.45, 7) is 2.07. The third kappa shape index (κ3) is 5.12. The number of nitrogens with zero attached hydrogens (tertiary/aromatic N) is 3. The molecule has 3 nitrogen and oxygen atoms in total. The Labute approximate surface area is 209 Å². The monoisotopic (exact) mass is 616 g/mol. The molecule has 0 fully saturated rings. The summed E-state index contributed by atoms with van der Waals surface area (Å²) in [4.78, 5) is 6.69. The van der Waals surface area contributed by atoms with Gasteiger partial charge in [0.2, 0.25) is 0 Å². The molecule has 0 unspecified atom stereocenters. The summed E-state index contributed by atoms with van der Waals surface area (Å²) in [5.41, 5.74) is 4.50. The predicted octanol–water partition coefficient (Wildman–Crippen LogP) is 8.09. The van der Waals surface area contributed by atoms with Crippen LogP contribution in [0.4, 0.5) is 22.7 Å². The van der Waals surface area contributed by atoms with E-state index in [-0.39, 0.29) is 22.4 Å². The molecule has 4 aromatic carbocycles. The van der Waals surface area contributed by atoms with Crippen LogP contribution < -0.4 is 9.80 Å². The van der Waals surface area contributed by atoms with Gasteiger partial charge in [0.05, 0.1) is 0 Å². The van der Waals surface area contributed by atoms with Crippen molar-refractivity contribution in [3.63, 3.8) is 0 Å². The molecular formula is C27H21AuN3S-2. The SMILES string of the molecule is C1=CN(c2ccccc2)[CH-]N1c1ccccc1.[Au].c1ccc2c(c1)[N-]c1ccccc1S2. The maximum atomic E-state index is 4.59. The molecule has 2 aliphatic rings. The molecule has 0 aliphatic carbocycles. The van der Waals surface area contributed by atoms with Gasteiger partial charge < -0.3 is 15.1 Å². The molecule has 1 radical (unpaired) electrons. The van der Waals surface area contributed by atoms with Crippen molar-refractivity contribution in [1.29, 1.82) is 0 Å². The molecule has 5 heteroatoms. The Morgan fingerprint density at radius 2 is 0.938 bits per heavy atom. The van der Waals surface area contributed by atoms with Gasteiger partial charge in [-0.15, -0.1) is 18.0 Å². The maximum Gasteiger partial charge on any atom is 0.0124 e. The molecule has 2 heterocycles. The van der Waals surface area contributed by atoms with Crippen LogP contribution in [0.3, 0.4) is 0 Å². The van der Waals surface area contributed by atoms with Crippen LogP contribution in [-0.2, 0) is 22.4 Å². The van der Waals surface area contributed by atoms with E-state index >= 15 is 0 Å². The van der Waals surface area contributed by atoms with Crippen molar-refractivity contribution in [1.82, 2.24) is 0 Å². The Kier molecular flexibility index (Phi) is 7.40. The predicted molar refractivity (Wildman–Crippen MR) is 131 cm³/mol. The maximum absolute atomic E-state index is 4.59. The van der Waals surface area contributed by atoms with Gasteiger partial charge >= 0.3 is 0 Å². The summed E-state index contributed by atoms with van der Waals surface area (Å²) in [7, 11) is 0. The van der Waals surface area contributed by atoms with Crippen LogP contribution in [0.15, 0.2) is 131 Å². The van der Waals surface area contributed by atoms with Crippen molar-refractivity contribution in [2.24, 2.45) is 0 Å². The molecule has 2 aliphatic heterocycles. The Balaban J connectivity index is 0.000000151. The summed E-state index contributed by atoms with van der Waals surface area (Å²) in [5.74, 6) is 0. The minimum atomic E-state index is 0. The summed E-state index contributed by atoms with van der Waals surface area (Å²) in [5, 5.41) is 4.59. The van der Waals surface area contributed by atoms with E-state index in [1.165, 1.54) is 21.2 Å². The zero-order chi connectivity index (χ0) is 20.9. The average molecular weight is 617 g/mol. The fraction of sp³-hybridized carbons (Fsp3) is 0. The van der Waals surface area contributed by atoms with Crippen molar-refractivity contribution in [3.05, 3.63) is 134 Å². The van der Waals surface area contributed by atoms with Gasteiger partial charge in [-0.1, -0.05) is 84.6 Å². The van der Waals surface area contributed by atoms with Gasteiger partial charge in [-0.3, -0.25) is 0 Å². The van der Waals surface area contributed by atoms with Crippen LogP contribution in [0, 0.1) is 6.67 Å². The summed E-state index contributed by atoms with van der Waals surface area (Å²) < 4.78 is 0. The number of rotatable bonds is 2. The Morgan fingerprint density at radius 1 is 0.531 bits per heavy atom. The molecule has 0 saturated carbocycles. The van der Waals surface area contributed by atoms with Gasteiger partial charge in [0, 0.05) is 33.8 Å². The summed E-state index contributed by atoms with van der Waals surface area (Å²) >= 11 is 1.79. The first-order chi connectivity index (χ1) is 15.4. The quantitative estimate of drug-likeness (QED) is 0.148. The number of fused-ring (bicyclic) bond motifs is 2. The number of hydrogen-bond acceptors (Lipinski definition) is 3. The first-order valence-corrected chi connectivity index (χ1v) is 11.0. The molecule has 0 bridgehead atoms. The minimum absolute atomic E-state index is 0. The van der Waals surface area contributed by atoms with Gasteiger partial charge in [0.15, 0.2) is 0 Å². The topological polar surface area (TPSA) is 20.6 Å². The molecule has 6 rings (SSSR count). The van der Waals surface area contributed by atoms with Gasteiger partial charge in [-0.05, 0) is 58.6 Å². The first kappa shape index (κ1) is 22.3. The molecule has 32 heavy (non-hydrogen) atoms. The third-order valence-electron chi connectivity index (χ3n) is 4.94. The second kappa shape index (κ2) is 10.6. The van der Waals surface area contributed by atoms with E-state index in [2.05, 4.69) is 94.8 Å². The van der Waals surface area contributed by atoms with Crippen molar-refractivity contribution < 1.29 is 22.4 Å². The molecule has 0 aromatic heterocycles. The van der Waals surface area contributed by atoms with Crippen LogP contribution in [0.1, 0.15) is 0 Å². The largest absolute Gasteiger partial charge is 0.656 e. The Morgan fingerprint density at radius 3 is 1.41 bits per heavy atom. The van der Waals surface area contributed by atoms with E-state index in [9.17, 15) is 0 Å². The second-order valence-electron chi connectivity index (χ2n) is 7.05. The van der Waals surface area contributed by atoms with Crippen LogP contribution in [0.25, 0.3) is 5.32 Å². The van der Waals surface area contributed by atoms with Crippen LogP contribution in [0.2, 0.25) is 0 Å². The zero-order valence-electron chi connectivity index (χ0n) is 17.2. The van der Waals surface area contributed by atoms with Crippen molar-refractivity contribution in [2.45, 2.75) is 9.79 Å². The Bertz CT molecular complexity index is 1050. The fourth-order valence-electron chi connectivity index (χ4n) is 3.38. The molecule has 0 N–H and O–H groups in total. The van der Waals surface area contributed by atoms with E-state index in [0.29, 0.717) is 0 Å². The average Bonchev–Trinajstić information content (AvgIpc) is 3.35. The summed E-state index contributed by atoms with van der Waals surface area (Å²) in [6, 6.07) is 37.1. The standard InChI is InChI=1S/C15H13N2.C12H8NS.Au/c1-3-7-14(8-4-1)16-11-12-17(13-16)15-9-5-2-6-10-15;1-3-7-11-9(5-1)13-10-6-2-4-8-12(10)14-11;/h1-13H;1-8H;/q2*-1;. The normalized spacial score (nSPS) is 13.1. The molecule has 0 amide bonds. The van der Waals surface area contributed by atoms with E-state index in [4.69, 9.17) is 0 Å². The van der Waals surface area contributed by atoms with Gasteiger partial charge in [-0.25, -0.2) is 0 Å². The molecule has 163 valence electrons. The third-order valence-corrected chi connectivity index (χ3v) is 6.07. The van der Waals surface area contributed by atoms with Crippen molar-refractivity contribution in [2.75, 3.05) is 9.80 Å². The Hall–Kier alpha value is -2.89. The zero-order valence-corrected chi connectivity index (χ0v) is 20.2. The molecule has 0 saturated heterocycles. The van der Waals surface area contributed by atoms with Gasteiger partial charge in [0.1, 0.15) is 0 Å². The second-order valence-corrected chi connectivity index (χ2v) is 8.13. The summed E-state index contributed by atoms with van der Waals surface area (Å²) in [6.07, 6.45) is 4.12. The fourth-order valence-corrected chi connectivity index (χ4v) is 4.35. The van der Waals surface area contributed by atoms with Gasteiger partial charge in [0.25, 0.3) is 0 Å². The van der Waals surface area contributed by atoms with E-state index in [0.717, 1.165) is 11.4 Å². The van der Waals surface area contributed by atoms with Crippen LogP contribution in [0.5, 0.6) is 0 Å². The molecular weight excluding hydrogens is 595 g/mol. The molecule has 0 atom stereocenters. The van der Waals surface area contributed by atoms with E-state index in [1.54, 1.807) is 11.8 Å². The van der Waals surface area contributed by atoms with Crippen molar-refractivity contribution >= 4 is 34.5 Å². The van der Waals surface area contributed by atoms with E-state index in [1.807, 2.05) is 48.5 Å². The van der Waals surface area contributed by atoms with Crippen LogP contribution >= 0.6 is 11.8 Å². The van der Waals surface area contributed by atoms with Crippen LogP contribution in [-0.4, -0.2) is 0 Å². The van der Waals surface area contributed by atoms with Crippen molar-refractivity contribution in [3.8, 4) is 0 Å².